The predicted octanol–water partition coefficient (Wildman–Crippen LogP) is 3.04. The molecule has 104 valence electrons. The average Bonchev–Trinajstić information content (AvgIpc) is 2.44. The molecule has 2 rings (SSSR count). The maximum atomic E-state index is 13.4. The molecule has 0 saturated carbocycles. The minimum absolute atomic E-state index is 0.203. The van der Waals surface area contributed by atoms with E-state index in [2.05, 4.69) is 15.6 Å². The number of aromatic nitrogens is 1. The Hall–Kier alpha value is -2.50. The minimum Gasteiger partial charge on any atom is -0.370 e. The van der Waals surface area contributed by atoms with Crippen LogP contribution in [0, 0.1) is 11.6 Å². The van der Waals surface area contributed by atoms with Crippen LogP contribution in [0.15, 0.2) is 36.5 Å². The van der Waals surface area contributed by atoms with Gasteiger partial charge in [-0.2, -0.15) is 0 Å². The third kappa shape index (κ3) is 3.28. The van der Waals surface area contributed by atoms with Gasteiger partial charge in [-0.15, -0.1) is 0 Å². The van der Waals surface area contributed by atoms with Gasteiger partial charge in [-0.3, -0.25) is 4.79 Å². The van der Waals surface area contributed by atoms with Crippen LogP contribution >= 0.6 is 0 Å². The summed E-state index contributed by atoms with van der Waals surface area (Å²) in [6, 6.07) is 6.06. The smallest absolute Gasteiger partial charge is 0.257 e. The lowest BCUT2D eigenvalue weighted by molar-refractivity contribution is 0.102. The molecule has 0 bridgehead atoms. The van der Waals surface area contributed by atoms with Gasteiger partial charge in [0, 0.05) is 18.8 Å². The Morgan fingerprint density at radius 3 is 2.70 bits per heavy atom. The van der Waals surface area contributed by atoms with Crippen molar-refractivity contribution in [2.75, 3.05) is 17.2 Å². The number of nitrogens with one attached hydrogen (secondary N) is 2. The number of hydrogen-bond acceptors (Lipinski definition) is 3. The second kappa shape index (κ2) is 6.10. The van der Waals surface area contributed by atoms with E-state index in [9.17, 15) is 13.6 Å². The maximum Gasteiger partial charge on any atom is 0.257 e. The molecule has 2 aromatic rings. The number of nitrogens with zero attached hydrogens (tertiary/aromatic N) is 1. The minimum atomic E-state index is -0.697. The molecule has 0 atom stereocenters. The number of halogens is 2. The Balaban J connectivity index is 2.13. The molecule has 4 nitrogen and oxygen atoms in total. The van der Waals surface area contributed by atoms with Crippen LogP contribution in [0.3, 0.4) is 0 Å². The van der Waals surface area contributed by atoms with Crippen molar-refractivity contribution in [2.45, 2.75) is 6.92 Å². The molecule has 0 spiro atoms. The lowest BCUT2D eigenvalue weighted by atomic mass is 10.2. The molecule has 1 aromatic carbocycles. The molecule has 2 N–H and O–H groups in total. The van der Waals surface area contributed by atoms with Crippen molar-refractivity contribution in [1.29, 1.82) is 0 Å². The van der Waals surface area contributed by atoms with Gasteiger partial charge >= 0.3 is 0 Å². The van der Waals surface area contributed by atoms with Crippen molar-refractivity contribution < 1.29 is 13.6 Å². The number of carbonyl (C=O) groups is 1. The molecule has 0 aliphatic carbocycles. The van der Waals surface area contributed by atoms with Crippen LogP contribution in [0.25, 0.3) is 0 Å². The quantitative estimate of drug-likeness (QED) is 0.903. The zero-order valence-corrected chi connectivity index (χ0v) is 10.8. The Morgan fingerprint density at radius 1 is 1.25 bits per heavy atom. The molecular weight excluding hydrogens is 264 g/mol. The third-order valence-corrected chi connectivity index (χ3v) is 2.56. The van der Waals surface area contributed by atoms with Gasteiger partial charge in [0.15, 0.2) is 0 Å². The van der Waals surface area contributed by atoms with Gasteiger partial charge in [-0.25, -0.2) is 13.8 Å². The Labute approximate surface area is 114 Å². The lowest BCUT2D eigenvalue weighted by Crippen LogP contribution is -2.13. The van der Waals surface area contributed by atoms with E-state index in [1.54, 1.807) is 12.1 Å². The number of benzene rings is 1. The van der Waals surface area contributed by atoms with Crippen molar-refractivity contribution in [3.05, 3.63) is 53.7 Å². The first kappa shape index (κ1) is 13.9. The lowest BCUT2D eigenvalue weighted by Gasteiger charge is -2.07. The average molecular weight is 277 g/mol. The van der Waals surface area contributed by atoms with Crippen molar-refractivity contribution in [3.63, 3.8) is 0 Å². The largest absolute Gasteiger partial charge is 0.370 e. The molecule has 0 saturated heterocycles. The van der Waals surface area contributed by atoms with E-state index in [4.69, 9.17) is 0 Å². The topological polar surface area (TPSA) is 54.0 Å². The molecule has 1 amide bonds. The fourth-order valence-corrected chi connectivity index (χ4v) is 1.60. The van der Waals surface area contributed by atoms with E-state index in [1.807, 2.05) is 6.92 Å². The van der Waals surface area contributed by atoms with Gasteiger partial charge in [-0.1, -0.05) is 0 Å². The normalized spacial score (nSPS) is 10.2. The predicted molar refractivity (Wildman–Crippen MR) is 72.7 cm³/mol. The number of rotatable bonds is 4. The number of anilines is 2. The van der Waals surface area contributed by atoms with Crippen molar-refractivity contribution in [2.24, 2.45) is 0 Å². The highest BCUT2D eigenvalue weighted by Gasteiger charge is 2.10. The molecular formula is C14H13F2N3O. The highest BCUT2D eigenvalue weighted by molar-refractivity contribution is 6.04. The number of carbonyl (C=O) groups excluding carboxylic acids is 1. The number of hydrogen-bond donors (Lipinski definition) is 2. The highest BCUT2D eigenvalue weighted by atomic mass is 19.1. The summed E-state index contributed by atoms with van der Waals surface area (Å²) in [5.74, 6) is -1.23. The third-order valence-electron chi connectivity index (χ3n) is 2.56. The van der Waals surface area contributed by atoms with Gasteiger partial charge in [0.25, 0.3) is 5.91 Å². The summed E-state index contributed by atoms with van der Waals surface area (Å²) in [4.78, 5) is 15.9. The van der Waals surface area contributed by atoms with Gasteiger partial charge in [-0.05, 0) is 31.2 Å². The summed E-state index contributed by atoms with van der Waals surface area (Å²) >= 11 is 0. The summed E-state index contributed by atoms with van der Waals surface area (Å²) in [7, 11) is 0. The van der Waals surface area contributed by atoms with Crippen LogP contribution in [0.1, 0.15) is 17.3 Å². The number of amides is 1. The summed E-state index contributed by atoms with van der Waals surface area (Å²) < 4.78 is 26.4. The van der Waals surface area contributed by atoms with Crippen LogP contribution in [0.4, 0.5) is 20.3 Å². The van der Waals surface area contributed by atoms with Gasteiger partial charge in [0.1, 0.15) is 17.5 Å². The Bertz CT molecular complexity index is 614. The van der Waals surface area contributed by atoms with E-state index in [0.29, 0.717) is 12.4 Å². The van der Waals surface area contributed by atoms with Crippen molar-refractivity contribution >= 4 is 17.4 Å². The Kier molecular flexibility index (Phi) is 4.24. The second-order valence-electron chi connectivity index (χ2n) is 4.04. The first-order valence-electron chi connectivity index (χ1n) is 6.06. The van der Waals surface area contributed by atoms with Crippen LogP contribution < -0.4 is 10.6 Å². The fourth-order valence-electron chi connectivity index (χ4n) is 1.60. The first-order valence-corrected chi connectivity index (χ1v) is 6.06. The van der Waals surface area contributed by atoms with Crippen molar-refractivity contribution in [1.82, 2.24) is 4.98 Å². The van der Waals surface area contributed by atoms with Gasteiger partial charge in [0.05, 0.1) is 11.3 Å². The summed E-state index contributed by atoms with van der Waals surface area (Å²) in [6.07, 6.45) is 1.37. The van der Waals surface area contributed by atoms with E-state index in [1.165, 1.54) is 6.20 Å². The maximum absolute atomic E-state index is 13.4. The molecule has 0 aliphatic heterocycles. The van der Waals surface area contributed by atoms with E-state index >= 15 is 0 Å². The molecule has 0 unspecified atom stereocenters. The molecule has 0 fully saturated rings. The zero-order chi connectivity index (χ0) is 14.5. The van der Waals surface area contributed by atoms with Crippen LogP contribution in [-0.2, 0) is 0 Å². The number of pyridine rings is 1. The standard InChI is InChI=1S/C14H13F2N3O/c1-2-17-13-6-3-9(8-18-13)14(20)19-12-7-10(15)4-5-11(12)16/h3-8H,2H2,1H3,(H,17,18)(H,19,20). The van der Waals surface area contributed by atoms with Crippen molar-refractivity contribution in [3.8, 4) is 0 Å². The van der Waals surface area contributed by atoms with Crippen LogP contribution in [0.5, 0.6) is 0 Å². The molecule has 0 aliphatic rings. The summed E-state index contributed by atoms with van der Waals surface area (Å²) in [6.45, 7) is 2.64. The fraction of sp³-hybridized carbons (Fsp3) is 0.143. The van der Waals surface area contributed by atoms with E-state index in [0.717, 1.165) is 18.2 Å². The molecule has 6 heteroatoms. The molecule has 1 aromatic heterocycles. The molecule has 20 heavy (non-hydrogen) atoms. The van der Waals surface area contributed by atoms with Crippen LogP contribution in [-0.4, -0.2) is 17.4 Å². The van der Waals surface area contributed by atoms with Gasteiger partial charge in [0.2, 0.25) is 0 Å². The summed E-state index contributed by atoms with van der Waals surface area (Å²) in [5, 5.41) is 5.29. The second-order valence-corrected chi connectivity index (χ2v) is 4.04. The highest BCUT2D eigenvalue weighted by Crippen LogP contribution is 2.16. The SMILES string of the molecule is CCNc1ccc(C(=O)Nc2cc(F)ccc2F)cn1. The van der Waals surface area contributed by atoms with Crippen LogP contribution in [0.2, 0.25) is 0 Å². The Morgan fingerprint density at radius 2 is 2.05 bits per heavy atom. The van der Waals surface area contributed by atoms with E-state index in [-0.39, 0.29) is 11.3 Å². The molecule has 0 radical (unpaired) electrons. The first-order chi connectivity index (χ1) is 9.60. The summed E-state index contributed by atoms with van der Waals surface area (Å²) in [5.41, 5.74) is 0.0566. The van der Waals surface area contributed by atoms with E-state index < -0.39 is 17.5 Å². The zero-order valence-electron chi connectivity index (χ0n) is 10.8. The monoisotopic (exact) mass is 277 g/mol. The van der Waals surface area contributed by atoms with Gasteiger partial charge < -0.3 is 10.6 Å². The molecule has 1 heterocycles.